The zero-order chi connectivity index (χ0) is 76.2. The summed E-state index contributed by atoms with van der Waals surface area (Å²) in [7, 11) is 6.01. The number of urea groups is 1. The molecule has 6 amide bonds. The van der Waals surface area contributed by atoms with E-state index in [0.29, 0.717) is 0 Å². The normalized spacial score (nSPS) is 14.5. The molecule has 584 valence electrons. The number of aryl methyl sites for hydroxylation is 6. The fraction of sp³-hybridized carbons (Fsp3) is 0.589. The number of aliphatic hydroxyl groups is 1. The first-order valence-electron chi connectivity index (χ1n) is 41.7. The van der Waals surface area contributed by atoms with Gasteiger partial charge < -0.3 is 5.11 Å². The van der Waals surface area contributed by atoms with Crippen LogP contribution < -0.4 is 0 Å². The zero-order valence-electron chi connectivity index (χ0n) is 66.7. The van der Waals surface area contributed by atoms with Gasteiger partial charge in [-0.05, 0) is 171 Å². The van der Waals surface area contributed by atoms with E-state index in [1.54, 1.807) is 48.9 Å². The standard InChI is InChI=1S/C90H126N4O6S7/c1-11-17-23-29-35-41-47-63-55-69(61-71-85(95)91(7)89(99)92(8)86(71)96)101-81(63)75-59-67(51-45-39-33-27-21-15-5)83(106-75)77-57-65(49-43-37-31-25-19-13-3)79(104-77)73-53-54-74(103-73)80-66(50-44-38-32-26-20-14-4)58-78(105-80)84-68(52-46-40-34-28-22-16-6)60-76(107-84)82-64(48-42-36-30-24-18-12-2)56-70(102-82)62-72-87(97)93(9)90(100)94(10)88(72)98/h53-62,89,99H,11-52H2,1-10H3. The Balaban J connectivity index is 1.13. The summed E-state index contributed by atoms with van der Waals surface area (Å²) in [5.41, 5.74) is 8.43. The smallest absolute Gasteiger partial charge is 0.333 e. The van der Waals surface area contributed by atoms with Gasteiger partial charge in [0.2, 0.25) is 6.35 Å². The fourth-order valence-corrected chi connectivity index (χ4v) is 24.0. The van der Waals surface area contributed by atoms with Gasteiger partial charge in [0, 0.05) is 96.5 Å². The zero-order valence-corrected chi connectivity index (χ0v) is 72.4. The number of unbranched alkanes of at least 4 members (excludes halogenated alkanes) is 30. The molecule has 0 spiro atoms. The number of rotatable bonds is 50. The van der Waals surface area contributed by atoms with E-state index in [4.69, 9.17) is 0 Å². The molecule has 9 heterocycles. The van der Waals surface area contributed by atoms with Gasteiger partial charge in [0.15, 0.2) is 0 Å². The second-order valence-corrected chi connectivity index (χ2v) is 37.9. The quantitative estimate of drug-likeness (QED) is 0.0230. The molecule has 0 aliphatic carbocycles. The number of barbiturate groups is 1. The molecule has 0 atom stereocenters. The molecular formula is C90H126N4O6S7. The number of carbonyl (C=O) groups excluding carboxylic acids is 5. The van der Waals surface area contributed by atoms with Crippen LogP contribution in [-0.4, -0.2) is 88.9 Å². The summed E-state index contributed by atoms with van der Waals surface area (Å²) >= 11 is 13.3. The third-order valence-corrected chi connectivity index (χ3v) is 30.8. The number of hydrogen-bond donors (Lipinski definition) is 1. The first-order chi connectivity index (χ1) is 52.0. The lowest BCUT2D eigenvalue weighted by molar-refractivity contribution is -0.167. The summed E-state index contributed by atoms with van der Waals surface area (Å²) in [6.07, 6.45) is 52.3. The maximum Gasteiger partial charge on any atom is 0.333 e. The highest BCUT2D eigenvalue weighted by Crippen LogP contribution is 2.53. The maximum absolute atomic E-state index is 13.7. The van der Waals surface area contributed by atoms with Crippen LogP contribution in [-0.2, 0) is 57.7 Å². The van der Waals surface area contributed by atoms with Crippen molar-refractivity contribution in [1.29, 1.82) is 0 Å². The van der Waals surface area contributed by atoms with Crippen LogP contribution in [0.2, 0.25) is 0 Å². The summed E-state index contributed by atoms with van der Waals surface area (Å²) in [5, 5.41) is 10.7. The molecule has 0 aromatic carbocycles. The van der Waals surface area contributed by atoms with Crippen molar-refractivity contribution in [3.05, 3.63) is 103 Å². The highest BCUT2D eigenvalue weighted by molar-refractivity contribution is 7.31. The molecular weight excluding hydrogens is 1460 g/mol. The Morgan fingerprint density at radius 3 is 0.785 bits per heavy atom. The lowest BCUT2D eigenvalue weighted by atomic mass is 10.0. The van der Waals surface area contributed by atoms with Gasteiger partial charge in [-0.25, -0.2) is 4.79 Å². The molecule has 17 heteroatoms. The van der Waals surface area contributed by atoms with E-state index in [0.717, 1.165) is 96.6 Å². The van der Waals surface area contributed by atoms with Gasteiger partial charge in [0.25, 0.3) is 23.6 Å². The van der Waals surface area contributed by atoms with Crippen molar-refractivity contribution >= 4 is 121 Å². The van der Waals surface area contributed by atoms with Crippen LogP contribution in [0.15, 0.2) is 59.7 Å². The predicted octanol–water partition coefficient (Wildman–Crippen LogP) is 27.6. The predicted molar refractivity (Wildman–Crippen MR) is 465 cm³/mol. The third-order valence-electron chi connectivity index (χ3n) is 21.7. The number of thiophene rings is 7. The molecule has 7 aromatic rings. The van der Waals surface area contributed by atoms with Crippen molar-refractivity contribution < 1.29 is 29.1 Å². The van der Waals surface area contributed by atoms with Gasteiger partial charge in [-0.2, -0.15) is 0 Å². The molecule has 7 aromatic heterocycles. The van der Waals surface area contributed by atoms with Crippen LogP contribution in [0, 0.1) is 0 Å². The first-order valence-corrected chi connectivity index (χ1v) is 47.4. The molecule has 0 bridgehead atoms. The largest absolute Gasteiger partial charge is 0.356 e. The lowest BCUT2D eigenvalue weighted by Crippen LogP contribution is -2.56. The van der Waals surface area contributed by atoms with Crippen molar-refractivity contribution in [2.45, 2.75) is 318 Å². The minimum atomic E-state index is -1.30. The summed E-state index contributed by atoms with van der Waals surface area (Å²) < 4.78 is 0. The van der Waals surface area contributed by atoms with Crippen molar-refractivity contribution in [2.75, 3.05) is 28.2 Å². The Morgan fingerprint density at radius 1 is 0.290 bits per heavy atom. The molecule has 0 saturated carbocycles. The van der Waals surface area contributed by atoms with E-state index in [1.807, 2.05) is 56.7 Å². The number of hydrogen-bond acceptors (Lipinski definition) is 13. The SMILES string of the molecule is CCCCCCCCc1cc(C=C2C(=O)N(C)C(=O)N(C)C2=O)sc1-c1cc(CCCCCCCC)c(-c2cc(CCCCCCCC)c(-c3ccc(-c4sc(-c5sc(-c6sc(C=C7C(=O)N(C)C(O)N(C)C7=O)cc6CCCCCCCC)cc5CCCCCCCC)cc4CCCCCCCC)s3)s2)s1. The number of likely N-dealkylation sites (N-methyl/N-ethyl adjacent to an activating group) is 4. The average Bonchev–Trinajstić information content (AvgIpc) is 1.66. The van der Waals surface area contributed by atoms with Gasteiger partial charge in [0.1, 0.15) is 11.1 Å². The molecule has 0 unspecified atom stereocenters. The molecule has 1 N–H and O–H groups in total. The highest BCUT2D eigenvalue weighted by atomic mass is 32.1. The highest BCUT2D eigenvalue weighted by Gasteiger charge is 2.40. The Hall–Kier alpha value is -5.11. The van der Waals surface area contributed by atoms with Crippen molar-refractivity contribution in [2.24, 2.45) is 0 Å². The number of nitrogens with zero attached hydrogens (tertiary/aromatic N) is 4. The Kier molecular flexibility index (Phi) is 36.0. The van der Waals surface area contributed by atoms with E-state index < -0.39 is 36.0 Å². The van der Waals surface area contributed by atoms with E-state index in [2.05, 4.69) is 90.1 Å². The first kappa shape index (κ1) is 85.9. The van der Waals surface area contributed by atoms with Crippen LogP contribution in [0.3, 0.4) is 0 Å². The van der Waals surface area contributed by atoms with Crippen LogP contribution >= 0.6 is 79.4 Å². The summed E-state index contributed by atoms with van der Waals surface area (Å²) in [6, 6.07) is 18.9. The van der Waals surface area contributed by atoms with E-state index >= 15 is 0 Å². The number of aliphatic hydroxyl groups excluding tert-OH is 1. The van der Waals surface area contributed by atoms with Gasteiger partial charge in [-0.15, -0.1) is 79.4 Å². The van der Waals surface area contributed by atoms with Crippen LogP contribution in [0.4, 0.5) is 4.79 Å². The number of carbonyl (C=O) groups is 5. The molecule has 2 fully saturated rings. The van der Waals surface area contributed by atoms with E-state index in [1.165, 1.54) is 308 Å². The monoisotopic (exact) mass is 1580 g/mol. The topological polar surface area (TPSA) is 119 Å². The Morgan fingerprint density at radius 2 is 0.514 bits per heavy atom. The molecule has 0 radical (unpaired) electrons. The lowest BCUT2D eigenvalue weighted by Gasteiger charge is -2.36. The number of amides is 6. The molecule has 2 aliphatic heterocycles. The molecule has 9 rings (SSSR count). The van der Waals surface area contributed by atoms with Crippen LogP contribution in [0.25, 0.3) is 70.7 Å². The molecule has 107 heavy (non-hydrogen) atoms. The summed E-state index contributed by atoms with van der Waals surface area (Å²) in [4.78, 5) is 89.8. The Labute approximate surface area is 671 Å². The Bertz CT molecular complexity index is 3980. The second kappa shape index (κ2) is 44.8. The average molecular weight is 1580 g/mol. The summed E-state index contributed by atoms with van der Waals surface area (Å²) in [5.74, 6) is -2.04. The fourth-order valence-electron chi connectivity index (χ4n) is 15.1. The van der Waals surface area contributed by atoms with Crippen molar-refractivity contribution in [3.8, 4) is 58.5 Å². The third kappa shape index (κ3) is 23.7. The van der Waals surface area contributed by atoms with E-state index in [-0.39, 0.29) is 11.1 Å². The minimum absolute atomic E-state index is 0.0248. The second-order valence-electron chi connectivity index (χ2n) is 30.4. The van der Waals surface area contributed by atoms with Gasteiger partial charge in [-0.1, -0.05) is 234 Å². The molecule has 2 saturated heterocycles. The summed E-state index contributed by atoms with van der Waals surface area (Å²) in [6.45, 7) is 13.7. The van der Waals surface area contributed by atoms with Gasteiger partial charge in [-0.3, -0.25) is 38.8 Å². The van der Waals surface area contributed by atoms with Crippen LogP contribution in [0.5, 0.6) is 0 Å². The number of imide groups is 2. The van der Waals surface area contributed by atoms with Gasteiger partial charge >= 0.3 is 6.03 Å². The molecule has 2 aliphatic rings. The van der Waals surface area contributed by atoms with Gasteiger partial charge in [0.05, 0.1) is 0 Å². The molecule has 10 nitrogen and oxygen atoms in total. The van der Waals surface area contributed by atoms with Crippen molar-refractivity contribution in [1.82, 2.24) is 19.6 Å². The minimum Gasteiger partial charge on any atom is -0.356 e. The maximum atomic E-state index is 13.7. The van der Waals surface area contributed by atoms with Crippen LogP contribution in [0.1, 0.15) is 316 Å². The van der Waals surface area contributed by atoms with E-state index in [9.17, 15) is 29.1 Å². The van der Waals surface area contributed by atoms with Crippen molar-refractivity contribution in [3.63, 3.8) is 0 Å².